The molecule has 0 aromatic rings. The maximum atomic E-state index is 5.50. The predicted molar refractivity (Wildman–Crippen MR) is 92.2 cm³/mol. The van der Waals surface area contributed by atoms with Crippen molar-refractivity contribution in [3.63, 3.8) is 0 Å². The fourth-order valence-corrected chi connectivity index (χ4v) is 2.56. The quantitative estimate of drug-likeness (QED) is 0.451. The zero-order valence-corrected chi connectivity index (χ0v) is 14.4. The van der Waals surface area contributed by atoms with Gasteiger partial charge in [-0.2, -0.15) is 0 Å². The van der Waals surface area contributed by atoms with E-state index in [0.29, 0.717) is 0 Å². The van der Waals surface area contributed by atoms with Crippen molar-refractivity contribution in [2.75, 3.05) is 52.4 Å². The summed E-state index contributed by atoms with van der Waals surface area (Å²) >= 11 is 0. The standard InChI is InChI=1S/C19H32N2/c1-7-16-20(9-3,10-4)18-14-13-15-19-21(11-5,12-6)17-8-2/h1-2H,9-12,14,16-19H2,3-6H3/q+2. The number of hydrogen-bond donors (Lipinski definition) is 0. The number of rotatable bonds is 9. The molecule has 0 heterocycles. The van der Waals surface area contributed by atoms with Crippen LogP contribution in [-0.4, -0.2) is 61.3 Å². The van der Waals surface area contributed by atoms with Gasteiger partial charge in [-0.25, -0.2) is 0 Å². The third-order valence-electron chi connectivity index (χ3n) is 4.79. The van der Waals surface area contributed by atoms with Crippen LogP contribution in [0.25, 0.3) is 0 Å². The van der Waals surface area contributed by atoms with Crippen LogP contribution < -0.4 is 0 Å². The van der Waals surface area contributed by atoms with E-state index in [-0.39, 0.29) is 0 Å². The van der Waals surface area contributed by atoms with Crippen molar-refractivity contribution in [2.45, 2.75) is 34.1 Å². The summed E-state index contributed by atoms with van der Waals surface area (Å²) in [6.45, 7) is 16.5. The van der Waals surface area contributed by atoms with Crippen LogP contribution in [0.3, 0.4) is 0 Å². The Labute approximate surface area is 132 Å². The van der Waals surface area contributed by atoms with Crippen molar-refractivity contribution in [1.29, 1.82) is 0 Å². The van der Waals surface area contributed by atoms with E-state index in [1.54, 1.807) is 0 Å². The van der Waals surface area contributed by atoms with E-state index in [0.717, 1.165) is 67.7 Å². The minimum Gasteiger partial charge on any atom is -0.313 e. The summed E-state index contributed by atoms with van der Waals surface area (Å²) in [6.07, 6.45) is 11.9. The normalized spacial score (nSPS) is 11.1. The zero-order valence-electron chi connectivity index (χ0n) is 14.4. The Morgan fingerprint density at radius 3 is 1.57 bits per heavy atom. The average Bonchev–Trinajstić information content (AvgIpc) is 2.52. The Morgan fingerprint density at radius 1 is 0.667 bits per heavy atom. The molecule has 0 rings (SSSR count). The summed E-state index contributed by atoms with van der Waals surface area (Å²) in [5, 5.41) is 0. The molecule has 0 bridgehead atoms. The van der Waals surface area contributed by atoms with Crippen LogP contribution in [0.1, 0.15) is 34.1 Å². The Hall–Kier alpha value is -1.40. The lowest BCUT2D eigenvalue weighted by atomic mass is 10.2. The first-order valence-corrected chi connectivity index (χ1v) is 8.10. The van der Waals surface area contributed by atoms with E-state index >= 15 is 0 Å². The highest BCUT2D eigenvalue weighted by Gasteiger charge is 2.21. The van der Waals surface area contributed by atoms with Gasteiger partial charge >= 0.3 is 0 Å². The molecule has 0 atom stereocenters. The highest BCUT2D eigenvalue weighted by Crippen LogP contribution is 2.07. The summed E-state index contributed by atoms with van der Waals surface area (Å²) in [6, 6.07) is 0. The maximum absolute atomic E-state index is 5.50. The first-order chi connectivity index (χ1) is 10.1. The monoisotopic (exact) mass is 288 g/mol. The first kappa shape index (κ1) is 19.6. The van der Waals surface area contributed by atoms with Crippen LogP contribution in [0.15, 0.2) is 0 Å². The van der Waals surface area contributed by atoms with E-state index in [4.69, 9.17) is 12.8 Å². The molecular weight excluding hydrogens is 256 g/mol. The van der Waals surface area contributed by atoms with Gasteiger partial charge in [-0.1, -0.05) is 5.92 Å². The van der Waals surface area contributed by atoms with Gasteiger partial charge in [0.05, 0.1) is 39.1 Å². The second-order valence-electron chi connectivity index (χ2n) is 5.66. The fraction of sp³-hybridized carbons (Fsp3) is 0.684. The van der Waals surface area contributed by atoms with Crippen molar-refractivity contribution in [3.05, 3.63) is 0 Å². The van der Waals surface area contributed by atoms with E-state index in [1.807, 2.05) is 0 Å². The molecule has 0 unspecified atom stereocenters. The van der Waals surface area contributed by atoms with Gasteiger partial charge in [0.1, 0.15) is 19.6 Å². The van der Waals surface area contributed by atoms with Gasteiger partial charge in [-0.15, -0.1) is 12.8 Å². The highest BCUT2D eigenvalue weighted by atomic mass is 15.3. The molecule has 0 aromatic heterocycles. The van der Waals surface area contributed by atoms with Crippen molar-refractivity contribution in [2.24, 2.45) is 0 Å². The van der Waals surface area contributed by atoms with E-state index in [2.05, 4.69) is 51.4 Å². The van der Waals surface area contributed by atoms with Crippen molar-refractivity contribution < 1.29 is 8.97 Å². The fourth-order valence-electron chi connectivity index (χ4n) is 2.56. The molecule has 0 N–H and O–H groups in total. The summed E-state index contributed by atoms with van der Waals surface area (Å²) in [7, 11) is 0. The third kappa shape index (κ3) is 6.27. The molecule has 0 spiro atoms. The van der Waals surface area contributed by atoms with Crippen molar-refractivity contribution in [1.82, 2.24) is 0 Å². The lowest BCUT2D eigenvalue weighted by Gasteiger charge is -2.34. The maximum Gasteiger partial charge on any atom is 0.141 e. The highest BCUT2D eigenvalue weighted by molar-refractivity contribution is 5.00. The summed E-state index contributed by atoms with van der Waals surface area (Å²) in [4.78, 5) is 0. The molecular formula is C19H32N2+2. The lowest BCUT2D eigenvalue weighted by Crippen LogP contribution is -2.48. The Balaban J connectivity index is 4.55. The Kier molecular flexibility index (Phi) is 9.65. The van der Waals surface area contributed by atoms with Crippen LogP contribution in [0.4, 0.5) is 0 Å². The lowest BCUT2D eigenvalue weighted by molar-refractivity contribution is -0.917. The topological polar surface area (TPSA) is 0 Å². The summed E-state index contributed by atoms with van der Waals surface area (Å²) < 4.78 is 1.87. The van der Waals surface area contributed by atoms with Gasteiger partial charge in [0.25, 0.3) is 0 Å². The zero-order chi connectivity index (χ0) is 16.2. The van der Waals surface area contributed by atoms with E-state index in [9.17, 15) is 0 Å². The average molecular weight is 288 g/mol. The predicted octanol–water partition coefficient (Wildman–Crippen LogP) is 2.36. The Morgan fingerprint density at radius 2 is 1.14 bits per heavy atom. The van der Waals surface area contributed by atoms with E-state index in [1.165, 1.54) is 0 Å². The molecule has 0 saturated heterocycles. The molecule has 0 aromatic carbocycles. The van der Waals surface area contributed by atoms with Gasteiger partial charge in [-0.05, 0) is 45.5 Å². The molecule has 0 fully saturated rings. The second-order valence-corrected chi connectivity index (χ2v) is 5.66. The largest absolute Gasteiger partial charge is 0.313 e. The molecule has 2 heteroatoms. The third-order valence-corrected chi connectivity index (χ3v) is 4.79. The van der Waals surface area contributed by atoms with E-state index < -0.39 is 0 Å². The van der Waals surface area contributed by atoms with Crippen molar-refractivity contribution >= 4 is 0 Å². The molecule has 0 aliphatic rings. The Bertz CT molecular complexity index is 417. The molecule has 0 aliphatic carbocycles. The minimum atomic E-state index is 0.767. The van der Waals surface area contributed by atoms with Crippen LogP contribution in [-0.2, 0) is 0 Å². The molecule has 116 valence electrons. The second kappa shape index (κ2) is 10.3. The number of quaternary nitrogens is 2. The number of hydrogen-bond acceptors (Lipinski definition) is 0. The van der Waals surface area contributed by atoms with Gasteiger partial charge in [0, 0.05) is 0 Å². The van der Waals surface area contributed by atoms with Gasteiger partial charge in [0.2, 0.25) is 0 Å². The van der Waals surface area contributed by atoms with Gasteiger partial charge < -0.3 is 8.97 Å². The minimum absolute atomic E-state index is 0.767. The SMILES string of the molecule is C#CC[N+](CC)(CC)CC#CCC[N+](CC)(CC)CC#C. The first-order valence-electron chi connectivity index (χ1n) is 8.10. The van der Waals surface area contributed by atoms with Crippen molar-refractivity contribution in [3.8, 4) is 36.5 Å². The summed E-state index contributed by atoms with van der Waals surface area (Å²) in [5.74, 6) is 12.3. The molecule has 2 nitrogen and oxygen atoms in total. The molecule has 21 heavy (non-hydrogen) atoms. The smallest absolute Gasteiger partial charge is 0.141 e. The number of terminal acetylenes is 2. The van der Waals surface area contributed by atoms with Gasteiger partial charge in [-0.3, -0.25) is 0 Å². The molecule has 0 saturated carbocycles. The van der Waals surface area contributed by atoms with Gasteiger partial charge in [0.15, 0.2) is 0 Å². The number of nitrogens with zero attached hydrogens (tertiary/aromatic N) is 2. The van der Waals surface area contributed by atoms with Crippen LogP contribution >= 0.6 is 0 Å². The summed E-state index contributed by atoms with van der Waals surface area (Å²) in [5.41, 5.74) is 0. The molecule has 0 aliphatic heterocycles. The van der Waals surface area contributed by atoms with Crippen LogP contribution in [0, 0.1) is 36.5 Å². The molecule has 0 amide bonds. The van der Waals surface area contributed by atoms with Crippen LogP contribution in [0.2, 0.25) is 0 Å². The molecule has 0 radical (unpaired) electrons. The van der Waals surface area contributed by atoms with Crippen LogP contribution in [0.5, 0.6) is 0 Å².